The first-order valence-electron chi connectivity index (χ1n) is 9.66. The van der Waals surface area contributed by atoms with Gasteiger partial charge in [0, 0.05) is 20.1 Å². The van der Waals surface area contributed by atoms with Crippen LogP contribution >= 0.6 is 11.6 Å². The van der Waals surface area contributed by atoms with Gasteiger partial charge in [0.15, 0.2) is 0 Å². The molecule has 29 heavy (non-hydrogen) atoms. The number of piperidine rings is 1. The molecule has 0 aliphatic carbocycles. The minimum atomic E-state index is -0.567. The van der Waals surface area contributed by atoms with E-state index < -0.39 is 5.60 Å². The predicted molar refractivity (Wildman–Crippen MR) is 111 cm³/mol. The molecule has 154 valence electrons. The van der Waals surface area contributed by atoms with Gasteiger partial charge in [-0.2, -0.15) is 0 Å². The molecular formula is C20H24ClN5O3. The third kappa shape index (κ3) is 3.57. The molecule has 0 saturated carbocycles. The molecule has 8 nitrogen and oxygen atoms in total. The second kappa shape index (κ2) is 7.02. The zero-order chi connectivity index (χ0) is 20.9. The summed E-state index contributed by atoms with van der Waals surface area (Å²) < 4.78 is 8.83. The van der Waals surface area contributed by atoms with Gasteiger partial charge in [0.1, 0.15) is 16.3 Å². The van der Waals surface area contributed by atoms with Gasteiger partial charge >= 0.3 is 11.8 Å². The number of pyridine rings is 2. The first-order valence-corrected chi connectivity index (χ1v) is 10.0. The zero-order valence-electron chi connectivity index (χ0n) is 17.0. The Morgan fingerprint density at radius 2 is 2.07 bits per heavy atom. The molecule has 9 heteroatoms. The molecule has 3 aromatic rings. The fraction of sp³-hybridized carbons (Fsp3) is 0.500. The topological polar surface area (TPSA) is 82.2 Å². The number of likely N-dealkylation sites (tertiary alicyclic amines) is 1. The summed E-state index contributed by atoms with van der Waals surface area (Å²) in [5.74, 6) is 0. The molecule has 1 aliphatic rings. The highest BCUT2D eigenvalue weighted by Crippen LogP contribution is 2.29. The van der Waals surface area contributed by atoms with Crippen LogP contribution in [-0.2, 0) is 11.8 Å². The van der Waals surface area contributed by atoms with Crippen molar-refractivity contribution >= 4 is 39.8 Å². The number of ether oxygens (including phenoxy) is 1. The van der Waals surface area contributed by atoms with E-state index in [-0.39, 0.29) is 17.8 Å². The Balaban J connectivity index is 1.81. The van der Waals surface area contributed by atoms with Crippen molar-refractivity contribution in [2.75, 3.05) is 13.1 Å². The van der Waals surface area contributed by atoms with Crippen LogP contribution in [0.15, 0.2) is 23.1 Å². The van der Waals surface area contributed by atoms with E-state index in [9.17, 15) is 9.59 Å². The van der Waals surface area contributed by atoms with Gasteiger partial charge < -0.3 is 9.64 Å². The molecule has 1 amide bonds. The molecule has 1 aliphatic heterocycles. The Kier molecular flexibility index (Phi) is 4.77. The lowest BCUT2D eigenvalue weighted by molar-refractivity contribution is 0.0173. The van der Waals surface area contributed by atoms with Crippen LogP contribution in [0.4, 0.5) is 4.79 Å². The van der Waals surface area contributed by atoms with E-state index in [4.69, 9.17) is 16.3 Å². The molecule has 1 saturated heterocycles. The second-order valence-electron chi connectivity index (χ2n) is 8.43. The van der Waals surface area contributed by atoms with Gasteiger partial charge in [-0.3, -0.25) is 14.1 Å². The Hall–Kier alpha value is -2.61. The average Bonchev–Trinajstić information content (AvgIpc) is 2.92. The highest BCUT2D eigenvalue weighted by Gasteiger charge is 2.31. The van der Waals surface area contributed by atoms with Crippen molar-refractivity contribution in [3.05, 3.63) is 34.0 Å². The SMILES string of the molecule is Cn1c(=O)n([C@H]2CCCN(C(=O)OC(C)(C)C)C2)c2c3nc(Cl)ccc3ncc21. The van der Waals surface area contributed by atoms with Gasteiger partial charge in [-0.05, 0) is 45.7 Å². The van der Waals surface area contributed by atoms with E-state index >= 15 is 0 Å². The number of imidazole rings is 1. The number of carbonyl (C=O) groups excluding carboxylic acids is 1. The maximum atomic E-state index is 13.1. The fourth-order valence-electron chi connectivity index (χ4n) is 3.86. The summed E-state index contributed by atoms with van der Waals surface area (Å²) in [6.07, 6.45) is 2.88. The normalized spacial score (nSPS) is 17.8. The highest BCUT2D eigenvalue weighted by atomic mass is 35.5. The third-order valence-corrected chi connectivity index (χ3v) is 5.35. The molecule has 0 radical (unpaired) electrons. The summed E-state index contributed by atoms with van der Waals surface area (Å²) in [6.45, 7) is 6.54. The first kappa shape index (κ1) is 19.7. The molecule has 4 heterocycles. The maximum Gasteiger partial charge on any atom is 0.410 e. The van der Waals surface area contributed by atoms with E-state index in [0.717, 1.165) is 12.8 Å². The number of amides is 1. The van der Waals surface area contributed by atoms with Crippen LogP contribution in [0.2, 0.25) is 5.15 Å². The van der Waals surface area contributed by atoms with Crippen molar-refractivity contribution in [1.82, 2.24) is 24.0 Å². The number of rotatable bonds is 1. The Morgan fingerprint density at radius 1 is 1.31 bits per heavy atom. The third-order valence-electron chi connectivity index (χ3n) is 5.14. The first-order chi connectivity index (χ1) is 13.7. The van der Waals surface area contributed by atoms with Gasteiger partial charge in [-0.25, -0.2) is 14.6 Å². The van der Waals surface area contributed by atoms with E-state index in [1.165, 1.54) is 0 Å². The monoisotopic (exact) mass is 417 g/mol. The number of nitrogens with zero attached hydrogens (tertiary/aromatic N) is 5. The van der Waals surface area contributed by atoms with Gasteiger partial charge in [0.25, 0.3) is 0 Å². The molecule has 1 atom stereocenters. The molecule has 0 spiro atoms. The average molecular weight is 418 g/mol. The lowest BCUT2D eigenvalue weighted by Gasteiger charge is -2.34. The summed E-state index contributed by atoms with van der Waals surface area (Å²) in [6, 6.07) is 3.29. The second-order valence-corrected chi connectivity index (χ2v) is 8.82. The van der Waals surface area contributed by atoms with Crippen LogP contribution in [0, 0.1) is 0 Å². The van der Waals surface area contributed by atoms with Crippen LogP contribution in [0.1, 0.15) is 39.7 Å². The minimum absolute atomic E-state index is 0.160. The van der Waals surface area contributed by atoms with Crippen LogP contribution in [0.25, 0.3) is 22.1 Å². The molecule has 0 unspecified atom stereocenters. The largest absolute Gasteiger partial charge is 0.444 e. The quantitative estimate of drug-likeness (QED) is 0.566. The zero-order valence-corrected chi connectivity index (χ0v) is 17.7. The highest BCUT2D eigenvalue weighted by molar-refractivity contribution is 6.30. The number of aryl methyl sites for hydroxylation is 1. The molecular weight excluding hydrogens is 394 g/mol. The number of hydrogen-bond acceptors (Lipinski definition) is 5. The van der Waals surface area contributed by atoms with Gasteiger partial charge in [0.05, 0.1) is 28.8 Å². The standard InChI is InChI=1S/C20H24ClN5O3/c1-20(2,3)29-19(28)25-9-5-6-12(11-25)26-17-14(24(4)18(26)27)10-22-13-7-8-15(21)23-16(13)17/h7-8,10,12H,5-6,9,11H2,1-4H3/t12-/m0/s1. The summed E-state index contributed by atoms with van der Waals surface area (Å²) in [4.78, 5) is 36.2. The van der Waals surface area contributed by atoms with Gasteiger partial charge in [-0.1, -0.05) is 11.6 Å². The maximum absolute atomic E-state index is 13.1. The molecule has 1 fully saturated rings. The van der Waals surface area contributed by atoms with E-state index in [1.807, 2.05) is 20.8 Å². The predicted octanol–water partition coefficient (Wildman–Crippen LogP) is 3.51. The molecule has 0 N–H and O–H groups in total. The van der Waals surface area contributed by atoms with Crippen molar-refractivity contribution < 1.29 is 9.53 Å². The Bertz CT molecular complexity index is 1160. The van der Waals surface area contributed by atoms with E-state index in [1.54, 1.807) is 39.4 Å². The van der Waals surface area contributed by atoms with Crippen LogP contribution in [0.5, 0.6) is 0 Å². The van der Waals surface area contributed by atoms with Gasteiger partial charge in [-0.15, -0.1) is 0 Å². The summed E-state index contributed by atoms with van der Waals surface area (Å²) in [7, 11) is 1.72. The van der Waals surface area contributed by atoms with Crippen LogP contribution in [0.3, 0.4) is 0 Å². The van der Waals surface area contributed by atoms with Crippen molar-refractivity contribution in [2.24, 2.45) is 7.05 Å². The summed E-state index contributed by atoms with van der Waals surface area (Å²) in [5, 5.41) is 0.341. The summed E-state index contributed by atoms with van der Waals surface area (Å²) >= 11 is 6.13. The van der Waals surface area contributed by atoms with Crippen LogP contribution in [-0.4, -0.2) is 48.8 Å². The summed E-state index contributed by atoms with van der Waals surface area (Å²) in [5.41, 5.74) is 1.91. The number of hydrogen-bond donors (Lipinski definition) is 0. The van der Waals surface area contributed by atoms with Crippen molar-refractivity contribution in [3.8, 4) is 0 Å². The number of carbonyl (C=O) groups is 1. The number of halogens is 1. The number of fused-ring (bicyclic) bond motifs is 3. The van der Waals surface area contributed by atoms with E-state index in [0.29, 0.717) is 40.3 Å². The fourth-order valence-corrected chi connectivity index (χ4v) is 4.01. The molecule has 0 bridgehead atoms. The Morgan fingerprint density at radius 3 is 2.79 bits per heavy atom. The molecule has 4 rings (SSSR count). The Labute approximate surface area is 173 Å². The van der Waals surface area contributed by atoms with Gasteiger partial charge in [0.2, 0.25) is 0 Å². The van der Waals surface area contributed by atoms with Crippen molar-refractivity contribution in [1.29, 1.82) is 0 Å². The lowest BCUT2D eigenvalue weighted by Crippen LogP contribution is -2.45. The number of aromatic nitrogens is 4. The molecule has 3 aromatic heterocycles. The van der Waals surface area contributed by atoms with Crippen LogP contribution < -0.4 is 5.69 Å². The van der Waals surface area contributed by atoms with Crippen molar-refractivity contribution in [3.63, 3.8) is 0 Å². The molecule has 0 aromatic carbocycles. The smallest absolute Gasteiger partial charge is 0.410 e. The lowest BCUT2D eigenvalue weighted by atomic mass is 10.1. The van der Waals surface area contributed by atoms with E-state index in [2.05, 4.69) is 9.97 Å². The minimum Gasteiger partial charge on any atom is -0.444 e. The van der Waals surface area contributed by atoms with Crippen molar-refractivity contribution in [2.45, 2.75) is 45.3 Å².